The Balaban J connectivity index is 1.52. The number of carbonyl (C=O) groups excluding carboxylic acids is 1. The quantitative estimate of drug-likeness (QED) is 0.423. The van der Waals surface area contributed by atoms with Crippen LogP contribution in [0.15, 0.2) is 30.3 Å². The summed E-state index contributed by atoms with van der Waals surface area (Å²) in [5, 5.41) is 17.9. The summed E-state index contributed by atoms with van der Waals surface area (Å²) in [7, 11) is 0. The molecule has 1 amide bonds. The number of carbonyl (C=O) groups is 1. The number of benzene rings is 1. The Kier molecular flexibility index (Phi) is 5.97. The number of tetrazole rings is 1. The zero-order valence-electron chi connectivity index (χ0n) is 18.7. The molecule has 0 unspecified atom stereocenters. The molecule has 2 N–H and O–H groups in total. The van der Waals surface area contributed by atoms with E-state index in [1.807, 2.05) is 25.1 Å². The molecule has 0 radical (unpaired) electrons. The zero-order valence-corrected chi connectivity index (χ0v) is 20.2. The van der Waals surface area contributed by atoms with Gasteiger partial charge in [0.1, 0.15) is 5.75 Å². The third-order valence-corrected chi connectivity index (χ3v) is 7.86. The molecule has 33 heavy (non-hydrogen) atoms. The number of nitrogens with zero attached hydrogens (tertiary/aromatic N) is 3. The van der Waals surface area contributed by atoms with Crippen LogP contribution in [0.25, 0.3) is 11.1 Å². The number of nitrogens with one attached hydrogen (secondary N) is 2. The molecule has 2 aliphatic rings. The monoisotopic (exact) mass is 483 g/mol. The number of H-pyrrole nitrogens is 1. The van der Waals surface area contributed by atoms with Crippen LogP contribution >= 0.6 is 22.9 Å². The highest BCUT2D eigenvalue weighted by Gasteiger charge is 2.41. The van der Waals surface area contributed by atoms with Crippen molar-refractivity contribution in [1.82, 2.24) is 25.9 Å². The highest BCUT2D eigenvalue weighted by Crippen LogP contribution is 2.48. The van der Waals surface area contributed by atoms with Crippen molar-refractivity contribution in [2.75, 3.05) is 6.61 Å². The van der Waals surface area contributed by atoms with Crippen LogP contribution in [0.3, 0.4) is 0 Å². The van der Waals surface area contributed by atoms with E-state index in [0.717, 1.165) is 34.6 Å². The maximum Gasteiger partial charge on any atom is 0.256 e. The topological polar surface area (TPSA) is 92.8 Å². The van der Waals surface area contributed by atoms with Crippen molar-refractivity contribution >= 4 is 40.0 Å². The Bertz CT molecular complexity index is 1200. The molecule has 0 saturated heterocycles. The molecule has 0 bridgehead atoms. The summed E-state index contributed by atoms with van der Waals surface area (Å²) in [6, 6.07) is 10.00. The van der Waals surface area contributed by atoms with E-state index in [1.165, 1.54) is 17.7 Å². The van der Waals surface area contributed by atoms with Crippen LogP contribution in [-0.2, 0) is 10.3 Å². The molecule has 1 atom stereocenters. The van der Waals surface area contributed by atoms with Crippen molar-refractivity contribution in [3.05, 3.63) is 56.5 Å². The predicted molar refractivity (Wildman–Crippen MR) is 129 cm³/mol. The number of aromatic amines is 1. The molecule has 1 saturated carbocycles. The maximum absolute atomic E-state index is 13.4. The first-order valence-corrected chi connectivity index (χ1v) is 12.5. The van der Waals surface area contributed by atoms with Gasteiger partial charge in [0.05, 0.1) is 17.7 Å². The summed E-state index contributed by atoms with van der Waals surface area (Å²) in [6.07, 6.45) is 5.09. The molecule has 1 fully saturated rings. The van der Waals surface area contributed by atoms with Gasteiger partial charge in [-0.15, -0.1) is 16.4 Å². The maximum atomic E-state index is 13.4. The van der Waals surface area contributed by atoms with E-state index in [-0.39, 0.29) is 5.91 Å². The summed E-state index contributed by atoms with van der Waals surface area (Å²) < 4.78 is 5.81. The van der Waals surface area contributed by atoms with E-state index < -0.39 is 5.54 Å². The molecule has 2 aromatic heterocycles. The van der Waals surface area contributed by atoms with Crippen LogP contribution in [0, 0.1) is 0 Å². The van der Waals surface area contributed by atoms with E-state index >= 15 is 0 Å². The number of halogens is 1. The smallest absolute Gasteiger partial charge is 0.256 e. The van der Waals surface area contributed by atoms with Crippen molar-refractivity contribution in [2.45, 2.75) is 57.4 Å². The minimum Gasteiger partial charge on any atom is -0.494 e. The highest BCUT2D eigenvalue weighted by molar-refractivity contribution is 7.13. The Morgan fingerprint density at radius 3 is 2.82 bits per heavy atom. The van der Waals surface area contributed by atoms with Gasteiger partial charge in [-0.25, -0.2) is 5.10 Å². The number of amides is 1. The molecule has 1 aliphatic carbocycles. The fourth-order valence-corrected chi connectivity index (χ4v) is 5.90. The number of aromatic nitrogens is 4. The molecular formula is C24H26ClN5O2S. The molecule has 0 spiro atoms. The lowest BCUT2D eigenvalue weighted by Gasteiger charge is -2.37. The number of hydrogen-bond donors (Lipinski definition) is 2. The van der Waals surface area contributed by atoms with Gasteiger partial charge in [0.2, 0.25) is 0 Å². The standard InChI is InChI=1S/C24H26ClN5O2S/c1-3-4-11-32-15-7-8-17(18(25)12-15)24(2)13-16(20-10-9-19(33-20)14-5-6-14)21(23(31)26-24)22-27-29-30-28-22/h7-10,12,14H,3-6,11,13H2,1-2H3,(H,26,31)(H,27,28,29,30)/t24-/m0/s1. The Morgan fingerprint density at radius 1 is 1.27 bits per heavy atom. The average molecular weight is 484 g/mol. The summed E-state index contributed by atoms with van der Waals surface area (Å²) in [5.41, 5.74) is 1.58. The largest absolute Gasteiger partial charge is 0.494 e. The van der Waals surface area contributed by atoms with Gasteiger partial charge >= 0.3 is 0 Å². The SMILES string of the molecule is CCCCOc1ccc([C@]2(C)CC(c3ccc(C4CC4)s3)=C(c3nnn[nH]3)C(=O)N2)c(Cl)c1. The molecule has 3 heterocycles. The second kappa shape index (κ2) is 8.91. The number of ether oxygens (including phenoxy) is 1. The Labute approximate surface area is 201 Å². The van der Waals surface area contributed by atoms with Gasteiger partial charge in [0, 0.05) is 21.2 Å². The van der Waals surface area contributed by atoms with Gasteiger partial charge in [0.25, 0.3) is 5.91 Å². The second-order valence-electron chi connectivity index (χ2n) is 8.89. The van der Waals surface area contributed by atoms with Crippen molar-refractivity contribution in [1.29, 1.82) is 0 Å². The van der Waals surface area contributed by atoms with Crippen LogP contribution in [0.5, 0.6) is 5.75 Å². The second-order valence-corrected chi connectivity index (χ2v) is 10.4. The summed E-state index contributed by atoms with van der Waals surface area (Å²) in [5.74, 6) is 1.53. The summed E-state index contributed by atoms with van der Waals surface area (Å²) in [4.78, 5) is 15.9. The third kappa shape index (κ3) is 4.42. The lowest BCUT2D eigenvalue weighted by atomic mass is 9.80. The minimum atomic E-state index is -0.688. The van der Waals surface area contributed by atoms with Crippen LogP contribution in [-0.4, -0.2) is 33.1 Å². The first-order valence-electron chi connectivity index (χ1n) is 11.3. The average Bonchev–Trinajstić information content (AvgIpc) is 3.28. The van der Waals surface area contributed by atoms with E-state index in [2.05, 4.69) is 45.0 Å². The molecule has 1 aromatic carbocycles. The molecular weight excluding hydrogens is 458 g/mol. The van der Waals surface area contributed by atoms with Crippen LogP contribution in [0.4, 0.5) is 0 Å². The third-order valence-electron chi connectivity index (χ3n) is 6.24. The van der Waals surface area contributed by atoms with Gasteiger partial charge < -0.3 is 10.1 Å². The van der Waals surface area contributed by atoms with Gasteiger partial charge in [-0.05, 0) is 77.9 Å². The predicted octanol–water partition coefficient (Wildman–Crippen LogP) is 5.32. The summed E-state index contributed by atoms with van der Waals surface area (Å²) >= 11 is 8.47. The zero-order chi connectivity index (χ0) is 23.0. The van der Waals surface area contributed by atoms with Crippen molar-refractivity contribution in [2.24, 2.45) is 0 Å². The van der Waals surface area contributed by atoms with Crippen LogP contribution in [0.2, 0.25) is 5.02 Å². The van der Waals surface area contributed by atoms with Crippen molar-refractivity contribution in [3.8, 4) is 5.75 Å². The molecule has 172 valence electrons. The highest BCUT2D eigenvalue weighted by atomic mass is 35.5. The normalized spacial score (nSPS) is 20.8. The number of thiophene rings is 1. The number of unbranched alkanes of at least 4 members (excludes halogenated alkanes) is 1. The molecule has 7 nitrogen and oxygen atoms in total. The van der Waals surface area contributed by atoms with E-state index in [4.69, 9.17) is 16.3 Å². The molecule has 5 rings (SSSR count). The first-order chi connectivity index (χ1) is 16.0. The number of rotatable bonds is 8. The van der Waals surface area contributed by atoms with Gasteiger partial charge in [-0.2, -0.15) is 0 Å². The molecule has 3 aromatic rings. The minimum absolute atomic E-state index is 0.224. The molecule has 9 heteroatoms. The van der Waals surface area contributed by atoms with Gasteiger partial charge in [0.15, 0.2) is 5.82 Å². The van der Waals surface area contributed by atoms with Gasteiger partial charge in [-0.3, -0.25) is 4.79 Å². The van der Waals surface area contributed by atoms with Crippen molar-refractivity contribution in [3.63, 3.8) is 0 Å². The Hall–Kier alpha value is -2.71. The van der Waals surface area contributed by atoms with E-state index in [9.17, 15) is 4.79 Å². The Morgan fingerprint density at radius 2 is 2.12 bits per heavy atom. The number of hydrogen-bond acceptors (Lipinski definition) is 6. The van der Waals surface area contributed by atoms with Crippen LogP contribution in [0.1, 0.15) is 73.0 Å². The van der Waals surface area contributed by atoms with Crippen molar-refractivity contribution < 1.29 is 9.53 Å². The fourth-order valence-electron chi connectivity index (χ4n) is 4.29. The lowest BCUT2D eigenvalue weighted by molar-refractivity contribution is -0.117. The molecule has 1 aliphatic heterocycles. The van der Waals surface area contributed by atoms with Gasteiger partial charge in [-0.1, -0.05) is 31.0 Å². The van der Waals surface area contributed by atoms with E-state index in [0.29, 0.717) is 35.4 Å². The first kappa shape index (κ1) is 22.1. The summed E-state index contributed by atoms with van der Waals surface area (Å²) in [6.45, 7) is 4.79. The van der Waals surface area contributed by atoms with E-state index in [1.54, 1.807) is 11.3 Å². The van der Waals surface area contributed by atoms with Crippen LogP contribution < -0.4 is 10.1 Å². The fraction of sp³-hybridized carbons (Fsp3) is 0.417. The lowest BCUT2D eigenvalue weighted by Crippen LogP contribution is -2.47.